The second-order valence-corrected chi connectivity index (χ2v) is 9.09. The fraction of sp³-hybridized carbons (Fsp3) is 0.250. The Morgan fingerprint density at radius 3 is 2.53 bits per heavy atom. The van der Waals surface area contributed by atoms with Crippen molar-refractivity contribution in [1.82, 2.24) is 29.9 Å². The molecule has 0 bridgehead atoms. The average molecular weight is 512 g/mol. The van der Waals surface area contributed by atoms with Gasteiger partial charge in [0.15, 0.2) is 5.82 Å². The van der Waals surface area contributed by atoms with Gasteiger partial charge in [0.1, 0.15) is 29.1 Å². The van der Waals surface area contributed by atoms with Gasteiger partial charge in [0.25, 0.3) is 0 Å². The lowest BCUT2D eigenvalue weighted by atomic mass is 9.89. The first-order chi connectivity index (χ1) is 18.5. The van der Waals surface area contributed by atoms with Crippen molar-refractivity contribution in [2.75, 3.05) is 12.8 Å². The Kier molecular flexibility index (Phi) is 7.30. The van der Waals surface area contributed by atoms with Crippen LogP contribution < -0.4 is 15.8 Å². The van der Waals surface area contributed by atoms with Gasteiger partial charge in [-0.2, -0.15) is 5.10 Å². The molecule has 38 heavy (non-hydrogen) atoms. The first-order valence-electron chi connectivity index (χ1n) is 12.6. The van der Waals surface area contributed by atoms with Gasteiger partial charge in [0, 0.05) is 30.0 Å². The summed E-state index contributed by atoms with van der Waals surface area (Å²) in [4.78, 5) is 23.3. The minimum Gasteiger partial charge on any atom is -0.465 e. The van der Waals surface area contributed by atoms with E-state index < -0.39 is 6.09 Å². The number of imidazole rings is 1. The van der Waals surface area contributed by atoms with Crippen LogP contribution >= 0.6 is 0 Å². The Morgan fingerprint density at radius 2 is 1.79 bits per heavy atom. The number of nitrogens with zero attached hydrogens (tertiary/aromatic N) is 5. The van der Waals surface area contributed by atoms with Crippen molar-refractivity contribution in [2.45, 2.75) is 38.0 Å². The molecule has 0 radical (unpaired) electrons. The monoisotopic (exact) mass is 511 g/mol. The average Bonchev–Trinajstić information content (AvgIpc) is 3.35. The number of amides is 1. The van der Waals surface area contributed by atoms with Crippen LogP contribution in [0.5, 0.6) is 11.6 Å². The number of rotatable bonds is 4. The molecular formula is C28H29N7O3. The number of pyridine rings is 1. The van der Waals surface area contributed by atoms with Crippen molar-refractivity contribution in [1.29, 1.82) is 0 Å². The summed E-state index contributed by atoms with van der Waals surface area (Å²) in [5.74, 6) is 3.10. The van der Waals surface area contributed by atoms with Gasteiger partial charge in [-0.05, 0) is 37.1 Å². The van der Waals surface area contributed by atoms with Gasteiger partial charge in [-0.3, -0.25) is 0 Å². The summed E-state index contributed by atoms with van der Waals surface area (Å²) < 4.78 is 7.82. The molecule has 0 saturated heterocycles. The van der Waals surface area contributed by atoms with E-state index in [-0.39, 0.29) is 0 Å². The van der Waals surface area contributed by atoms with E-state index in [9.17, 15) is 4.79 Å². The molecule has 10 nitrogen and oxygen atoms in total. The minimum atomic E-state index is -0.995. The Labute approximate surface area is 219 Å². The summed E-state index contributed by atoms with van der Waals surface area (Å²) in [6.07, 6.45) is 6.50. The highest BCUT2D eigenvalue weighted by atomic mass is 16.5. The van der Waals surface area contributed by atoms with Crippen molar-refractivity contribution in [2.24, 2.45) is 0 Å². The molecule has 1 aliphatic rings. The van der Waals surface area contributed by atoms with Gasteiger partial charge in [-0.25, -0.2) is 24.3 Å². The Balaban J connectivity index is 0.000000540. The Bertz CT molecular complexity index is 1560. The third kappa shape index (κ3) is 5.34. The van der Waals surface area contributed by atoms with E-state index in [1.54, 1.807) is 0 Å². The summed E-state index contributed by atoms with van der Waals surface area (Å²) >= 11 is 0. The zero-order valence-corrected chi connectivity index (χ0v) is 21.0. The number of hydrogen-bond donors (Lipinski definition) is 3. The van der Waals surface area contributed by atoms with Gasteiger partial charge in [-0.15, -0.1) is 0 Å². The number of carbonyl (C=O) groups is 1. The third-order valence-corrected chi connectivity index (χ3v) is 6.58. The quantitative estimate of drug-likeness (QED) is 0.281. The summed E-state index contributed by atoms with van der Waals surface area (Å²) in [5.41, 5.74) is 9.64. The molecular weight excluding hydrogens is 482 g/mol. The third-order valence-electron chi connectivity index (χ3n) is 6.58. The van der Waals surface area contributed by atoms with E-state index in [1.165, 1.54) is 32.6 Å². The number of carboxylic acid groups (broad SMARTS) is 1. The first-order valence-corrected chi connectivity index (χ1v) is 12.6. The number of benzene rings is 2. The van der Waals surface area contributed by atoms with Gasteiger partial charge in [0.2, 0.25) is 5.88 Å². The number of hydrogen-bond acceptors (Lipinski definition) is 7. The number of nitrogens with two attached hydrogens (primary N) is 1. The predicted molar refractivity (Wildman–Crippen MR) is 145 cm³/mol. The summed E-state index contributed by atoms with van der Waals surface area (Å²) in [7, 11) is 1.35. The maximum absolute atomic E-state index is 9.26. The maximum atomic E-state index is 9.26. The minimum absolute atomic E-state index is 0.388. The highest BCUT2D eigenvalue weighted by Crippen LogP contribution is 2.37. The molecule has 2 aromatic carbocycles. The summed E-state index contributed by atoms with van der Waals surface area (Å²) in [6, 6.07) is 19.7. The highest BCUT2D eigenvalue weighted by Gasteiger charge is 2.25. The van der Waals surface area contributed by atoms with E-state index in [0.717, 1.165) is 52.1 Å². The SMILES string of the molecule is CNC(=O)O.Nc1ncnn2c(C3CCCCC3)nc(-c3ccc4ccc(Oc5ccccc5)nc4c3)c12. The van der Waals surface area contributed by atoms with E-state index >= 15 is 0 Å². The standard InChI is InChI=1S/C26H24N6O.C2H5NO2/c27-25-24-23(31-26(32(24)29-16-28-25)18-7-3-1-4-8-18)19-12-11-17-13-14-22(30-21(17)15-19)33-20-9-5-2-6-10-20;1-3-2(4)5/h2,5-6,9-16,18H,1,3-4,7-8H2,(H2,27,28,29);3H,1H3,(H,4,5). The lowest BCUT2D eigenvalue weighted by molar-refractivity contribution is 0.197. The van der Waals surface area contributed by atoms with Crippen molar-refractivity contribution < 1.29 is 14.6 Å². The first kappa shape index (κ1) is 24.9. The molecule has 0 aliphatic heterocycles. The normalized spacial score (nSPS) is 13.6. The number of aromatic nitrogens is 5. The van der Waals surface area contributed by atoms with Crippen LogP contribution in [-0.4, -0.2) is 42.8 Å². The number of ether oxygens (including phenoxy) is 1. The van der Waals surface area contributed by atoms with Crippen LogP contribution in [0.2, 0.25) is 0 Å². The fourth-order valence-electron chi connectivity index (χ4n) is 4.72. The lowest BCUT2D eigenvalue weighted by Crippen LogP contribution is -2.13. The molecule has 0 unspecified atom stereocenters. The number of fused-ring (bicyclic) bond motifs is 2. The summed E-state index contributed by atoms with van der Waals surface area (Å²) in [5, 5.41) is 15.1. The van der Waals surface area contributed by atoms with Crippen LogP contribution in [-0.2, 0) is 0 Å². The molecule has 6 rings (SSSR count). The van der Waals surface area contributed by atoms with Crippen LogP contribution in [0.3, 0.4) is 0 Å². The molecule has 3 heterocycles. The topological polar surface area (TPSA) is 141 Å². The van der Waals surface area contributed by atoms with Crippen molar-refractivity contribution >= 4 is 28.3 Å². The van der Waals surface area contributed by atoms with Gasteiger partial charge < -0.3 is 20.9 Å². The number of para-hydroxylation sites is 1. The summed E-state index contributed by atoms with van der Waals surface area (Å²) in [6.45, 7) is 0. The zero-order valence-electron chi connectivity index (χ0n) is 21.0. The van der Waals surface area contributed by atoms with Crippen LogP contribution in [0.15, 0.2) is 67.0 Å². The highest BCUT2D eigenvalue weighted by molar-refractivity contribution is 5.90. The van der Waals surface area contributed by atoms with Crippen molar-refractivity contribution in [3.05, 3.63) is 72.8 Å². The fourth-order valence-corrected chi connectivity index (χ4v) is 4.72. The maximum Gasteiger partial charge on any atom is 0.404 e. The smallest absolute Gasteiger partial charge is 0.404 e. The van der Waals surface area contributed by atoms with E-state index in [1.807, 2.05) is 58.4 Å². The van der Waals surface area contributed by atoms with Gasteiger partial charge in [0.05, 0.1) is 5.52 Å². The molecule has 4 N–H and O–H groups in total. The lowest BCUT2D eigenvalue weighted by Gasteiger charge is -2.19. The molecule has 5 aromatic rings. The molecule has 1 saturated carbocycles. The van der Waals surface area contributed by atoms with E-state index in [4.69, 9.17) is 25.5 Å². The van der Waals surface area contributed by atoms with E-state index in [0.29, 0.717) is 17.6 Å². The van der Waals surface area contributed by atoms with Gasteiger partial charge >= 0.3 is 6.09 Å². The molecule has 0 spiro atoms. The largest absolute Gasteiger partial charge is 0.465 e. The van der Waals surface area contributed by atoms with Crippen LogP contribution in [0.4, 0.5) is 10.6 Å². The molecule has 3 aromatic heterocycles. The molecule has 0 atom stereocenters. The number of nitrogens with one attached hydrogen (secondary N) is 1. The van der Waals surface area contributed by atoms with Crippen LogP contribution in [0, 0.1) is 0 Å². The zero-order chi connectivity index (χ0) is 26.5. The van der Waals surface area contributed by atoms with Crippen LogP contribution in [0.1, 0.15) is 43.8 Å². The molecule has 1 fully saturated rings. The van der Waals surface area contributed by atoms with Crippen LogP contribution in [0.25, 0.3) is 27.7 Å². The molecule has 10 heteroatoms. The molecule has 1 aliphatic carbocycles. The Morgan fingerprint density at radius 1 is 1.05 bits per heavy atom. The second-order valence-electron chi connectivity index (χ2n) is 9.09. The second kappa shape index (κ2) is 11.1. The number of nitrogen functional groups attached to an aromatic ring is 1. The Hall–Kier alpha value is -4.73. The van der Waals surface area contributed by atoms with Crippen molar-refractivity contribution in [3.63, 3.8) is 0 Å². The van der Waals surface area contributed by atoms with Gasteiger partial charge in [-0.1, -0.05) is 49.6 Å². The predicted octanol–water partition coefficient (Wildman–Crippen LogP) is 5.65. The van der Waals surface area contributed by atoms with E-state index in [2.05, 4.69) is 22.2 Å². The molecule has 1 amide bonds. The number of anilines is 1. The van der Waals surface area contributed by atoms with Crippen molar-refractivity contribution in [3.8, 4) is 22.9 Å². The molecule has 194 valence electrons.